The van der Waals surface area contributed by atoms with Crippen LogP contribution < -0.4 is 0 Å². The molecule has 2 aromatic heterocycles. The molecule has 21 heavy (non-hydrogen) atoms. The molecule has 3 heterocycles. The van der Waals surface area contributed by atoms with Gasteiger partial charge in [0.1, 0.15) is 11.9 Å². The molecule has 112 valence electrons. The fraction of sp³-hybridized carbons (Fsp3) is 0.500. The molecular formula is C14H18N4O2S. The minimum Gasteiger partial charge on any atom is -0.366 e. The normalized spacial score (nSPS) is 19.0. The molecule has 7 heteroatoms. The molecule has 1 amide bonds. The minimum absolute atomic E-state index is 0.136. The summed E-state index contributed by atoms with van der Waals surface area (Å²) in [5.41, 5.74) is 0. The number of nitrogens with one attached hydrogen (secondary N) is 1. The molecule has 6 nitrogen and oxygen atoms in total. The number of nitrogens with zero attached hydrogens (tertiary/aromatic N) is 3. The van der Waals surface area contributed by atoms with Crippen molar-refractivity contribution in [3.05, 3.63) is 33.5 Å². The van der Waals surface area contributed by atoms with Gasteiger partial charge in [-0.3, -0.25) is 9.89 Å². The maximum Gasteiger partial charge on any atom is 0.228 e. The van der Waals surface area contributed by atoms with E-state index in [1.807, 2.05) is 24.0 Å². The molecule has 2 aromatic rings. The summed E-state index contributed by atoms with van der Waals surface area (Å²) in [7, 11) is 0. The summed E-state index contributed by atoms with van der Waals surface area (Å²) < 4.78 is 5.68. The number of amides is 1. The van der Waals surface area contributed by atoms with E-state index in [9.17, 15) is 4.79 Å². The summed E-state index contributed by atoms with van der Waals surface area (Å²) in [5, 5.41) is 6.93. The van der Waals surface area contributed by atoms with Gasteiger partial charge < -0.3 is 9.64 Å². The van der Waals surface area contributed by atoms with Crippen LogP contribution in [0.1, 0.15) is 27.5 Å². The second kappa shape index (κ2) is 5.95. The van der Waals surface area contributed by atoms with Crippen LogP contribution in [0.25, 0.3) is 0 Å². The van der Waals surface area contributed by atoms with E-state index in [1.165, 1.54) is 4.88 Å². The predicted octanol–water partition coefficient (Wildman–Crippen LogP) is 1.63. The molecular weight excluding hydrogens is 288 g/mol. The van der Waals surface area contributed by atoms with E-state index in [-0.39, 0.29) is 12.0 Å². The highest BCUT2D eigenvalue weighted by atomic mass is 32.1. The quantitative estimate of drug-likeness (QED) is 0.935. The summed E-state index contributed by atoms with van der Waals surface area (Å²) >= 11 is 1.67. The molecule has 0 bridgehead atoms. The average Bonchev–Trinajstić information content (AvgIpc) is 3.08. The summed E-state index contributed by atoms with van der Waals surface area (Å²) in [5.74, 6) is 1.51. The Kier molecular flexibility index (Phi) is 4.03. The number of rotatable bonds is 3. The lowest BCUT2D eigenvalue weighted by molar-refractivity contribution is -0.138. The zero-order valence-electron chi connectivity index (χ0n) is 12.1. The van der Waals surface area contributed by atoms with Gasteiger partial charge in [0.25, 0.3) is 0 Å². The van der Waals surface area contributed by atoms with E-state index in [0.717, 1.165) is 10.7 Å². The van der Waals surface area contributed by atoms with Crippen LogP contribution in [0.2, 0.25) is 0 Å². The lowest BCUT2D eigenvalue weighted by atomic mass is 10.2. The monoisotopic (exact) mass is 306 g/mol. The van der Waals surface area contributed by atoms with E-state index in [2.05, 4.69) is 22.1 Å². The first-order valence-electron chi connectivity index (χ1n) is 6.95. The van der Waals surface area contributed by atoms with Crippen molar-refractivity contribution in [1.82, 2.24) is 20.1 Å². The first kappa shape index (κ1) is 14.2. The van der Waals surface area contributed by atoms with Crippen molar-refractivity contribution >= 4 is 17.2 Å². The molecule has 0 radical (unpaired) electrons. The van der Waals surface area contributed by atoms with Crippen molar-refractivity contribution in [3.63, 3.8) is 0 Å². The van der Waals surface area contributed by atoms with Gasteiger partial charge in [-0.2, -0.15) is 5.10 Å². The van der Waals surface area contributed by atoms with E-state index in [4.69, 9.17) is 4.74 Å². The molecule has 0 aromatic carbocycles. The largest absolute Gasteiger partial charge is 0.366 e. The third-order valence-corrected chi connectivity index (χ3v) is 4.44. The number of aromatic amines is 1. The van der Waals surface area contributed by atoms with Gasteiger partial charge in [-0.05, 0) is 26.0 Å². The van der Waals surface area contributed by atoms with Crippen molar-refractivity contribution in [1.29, 1.82) is 0 Å². The van der Waals surface area contributed by atoms with Crippen LogP contribution in [0.5, 0.6) is 0 Å². The number of ether oxygens (including phenoxy) is 1. The number of carbonyl (C=O) groups is 1. The number of hydrogen-bond acceptors (Lipinski definition) is 5. The van der Waals surface area contributed by atoms with Crippen molar-refractivity contribution in [3.8, 4) is 0 Å². The number of carbonyl (C=O) groups excluding carboxylic acids is 1. The van der Waals surface area contributed by atoms with E-state index < -0.39 is 0 Å². The Labute approximate surface area is 127 Å². The second-order valence-electron chi connectivity index (χ2n) is 5.17. The smallest absolute Gasteiger partial charge is 0.228 e. The van der Waals surface area contributed by atoms with Crippen molar-refractivity contribution in [2.75, 3.05) is 19.7 Å². The second-order valence-corrected chi connectivity index (χ2v) is 6.54. The highest BCUT2D eigenvalue weighted by Gasteiger charge is 2.28. The summed E-state index contributed by atoms with van der Waals surface area (Å²) in [6, 6.07) is 4.07. The highest BCUT2D eigenvalue weighted by molar-refractivity contribution is 7.12. The highest BCUT2D eigenvalue weighted by Crippen LogP contribution is 2.21. The van der Waals surface area contributed by atoms with Gasteiger partial charge in [0.05, 0.1) is 19.6 Å². The molecule has 1 atom stereocenters. The Balaban J connectivity index is 1.64. The molecule has 0 spiro atoms. The molecule has 1 aliphatic rings. The first-order chi connectivity index (χ1) is 10.1. The Morgan fingerprint density at radius 2 is 2.38 bits per heavy atom. The van der Waals surface area contributed by atoms with Gasteiger partial charge in [0.2, 0.25) is 5.91 Å². The topological polar surface area (TPSA) is 71.1 Å². The van der Waals surface area contributed by atoms with E-state index in [1.54, 1.807) is 11.3 Å². The summed E-state index contributed by atoms with van der Waals surface area (Å²) in [4.78, 5) is 20.9. The molecule has 0 unspecified atom stereocenters. The molecule has 1 N–H and O–H groups in total. The SMILES string of the molecule is Cc1nc([C@H]2CN(C(=O)Cc3ccc(C)s3)CCO2)n[nH]1. The third-order valence-electron chi connectivity index (χ3n) is 3.44. The van der Waals surface area contributed by atoms with Crippen LogP contribution in [0.15, 0.2) is 12.1 Å². The molecule has 1 saturated heterocycles. The molecule has 1 aliphatic heterocycles. The maximum absolute atomic E-state index is 12.4. The molecule has 3 rings (SSSR count). The van der Waals surface area contributed by atoms with Gasteiger partial charge in [0, 0.05) is 16.3 Å². The summed E-state index contributed by atoms with van der Waals surface area (Å²) in [6.07, 6.45) is 0.218. The fourth-order valence-electron chi connectivity index (χ4n) is 2.38. The van der Waals surface area contributed by atoms with Gasteiger partial charge in [-0.1, -0.05) is 0 Å². The van der Waals surface area contributed by atoms with Crippen LogP contribution in [0.4, 0.5) is 0 Å². The maximum atomic E-state index is 12.4. The Hall–Kier alpha value is -1.73. The van der Waals surface area contributed by atoms with Gasteiger partial charge in [0.15, 0.2) is 5.82 Å². The number of hydrogen-bond donors (Lipinski definition) is 1. The van der Waals surface area contributed by atoms with Crippen molar-refractivity contribution in [2.45, 2.75) is 26.4 Å². The lowest BCUT2D eigenvalue weighted by Gasteiger charge is -2.31. The minimum atomic E-state index is -0.238. The van der Waals surface area contributed by atoms with Crippen molar-refractivity contribution < 1.29 is 9.53 Å². The van der Waals surface area contributed by atoms with Gasteiger partial charge in [-0.25, -0.2) is 4.98 Å². The van der Waals surface area contributed by atoms with Crippen LogP contribution in [-0.4, -0.2) is 45.7 Å². The zero-order valence-corrected chi connectivity index (χ0v) is 12.9. The average molecular weight is 306 g/mol. The van der Waals surface area contributed by atoms with Crippen molar-refractivity contribution in [2.24, 2.45) is 0 Å². The predicted molar refractivity (Wildman–Crippen MR) is 79.2 cm³/mol. The molecule has 0 aliphatic carbocycles. The number of thiophene rings is 1. The lowest BCUT2D eigenvalue weighted by Crippen LogP contribution is -2.43. The third kappa shape index (κ3) is 3.30. The van der Waals surface area contributed by atoms with Crippen LogP contribution in [0.3, 0.4) is 0 Å². The number of aryl methyl sites for hydroxylation is 2. The Morgan fingerprint density at radius 1 is 1.52 bits per heavy atom. The van der Waals surface area contributed by atoms with E-state index >= 15 is 0 Å². The molecule has 0 saturated carbocycles. The van der Waals surface area contributed by atoms with Gasteiger partial charge >= 0.3 is 0 Å². The zero-order chi connectivity index (χ0) is 14.8. The van der Waals surface area contributed by atoms with Crippen LogP contribution >= 0.6 is 11.3 Å². The van der Waals surface area contributed by atoms with Crippen LogP contribution in [-0.2, 0) is 16.0 Å². The number of H-pyrrole nitrogens is 1. The fourth-order valence-corrected chi connectivity index (χ4v) is 3.26. The summed E-state index contributed by atoms with van der Waals surface area (Å²) in [6.45, 7) is 5.56. The first-order valence-corrected chi connectivity index (χ1v) is 7.77. The Bertz CT molecular complexity index is 636. The van der Waals surface area contributed by atoms with E-state index in [0.29, 0.717) is 31.9 Å². The Morgan fingerprint density at radius 3 is 3.05 bits per heavy atom. The number of morpholine rings is 1. The number of aromatic nitrogens is 3. The standard InChI is InChI=1S/C14H18N4O2S/c1-9-3-4-11(21-9)7-13(19)18-5-6-20-12(8-18)14-15-10(2)16-17-14/h3-4,12H,5-8H2,1-2H3,(H,15,16,17)/t12-/m1/s1. The van der Waals surface area contributed by atoms with Gasteiger partial charge in [-0.15, -0.1) is 11.3 Å². The van der Waals surface area contributed by atoms with Crippen LogP contribution in [0, 0.1) is 13.8 Å². The molecule has 1 fully saturated rings.